The van der Waals surface area contributed by atoms with Crippen LogP contribution in [0.4, 0.5) is 5.13 Å². The van der Waals surface area contributed by atoms with Gasteiger partial charge >= 0.3 is 0 Å². The van der Waals surface area contributed by atoms with E-state index in [2.05, 4.69) is 20.6 Å². The summed E-state index contributed by atoms with van der Waals surface area (Å²) in [7, 11) is 0. The highest BCUT2D eigenvalue weighted by atomic mass is 32.1. The van der Waals surface area contributed by atoms with Crippen LogP contribution in [0.3, 0.4) is 0 Å². The Morgan fingerprint density at radius 3 is 2.75 bits per heavy atom. The molecule has 2 heterocycles. The van der Waals surface area contributed by atoms with E-state index < -0.39 is 0 Å². The van der Waals surface area contributed by atoms with Gasteiger partial charge in [0.2, 0.25) is 0 Å². The number of anilines is 1. The lowest BCUT2D eigenvalue weighted by Crippen LogP contribution is -2.40. The quantitative estimate of drug-likeness (QED) is 0.645. The normalized spacial score (nSPS) is 18.2. The maximum atomic E-state index is 4.44. The van der Waals surface area contributed by atoms with Crippen molar-refractivity contribution in [2.75, 3.05) is 31.1 Å². The minimum absolute atomic E-state index is 0.957. The first-order chi connectivity index (χ1) is 5.86. The molecule has 0 amide bonds. The van der Waals surface area contributed by atoms with Crippen LogP contribution in [0.1, 0.15) is 5.69 Å². The Morgan fingerprint density at radius 1 is 1.42 bits per heavy atom. The second kappa shape index (κ2) is 3.41. The third-order valence-corrected chi connectivity index (χ3v) is 2.95. The number of hydrogen-bond donors (Lipinski definition) is 0. The van der Waals surface area contributed by atoms with Crippen molar-refractivity contribution >= 4 is 16.5 Å². The standard InChI is InChI=1S/C8H12N3S/c1-7-6-12-8(10-7)11-4-2-9-3-5-11/h6H,2-5H2,1H3. The molecule has 1 fully saturated rings. The van der Waals surface area contributed by atoms with Gasteiger partial charge < -0.3 is 4.90 Å². The van der Waals surface area contributed by atoms with Crippen molar-refractivity contribution in [3.05, 3.63) is 11.1 Å². The van der Waals surface area contributed by atoms with E-state index in [1.54, 1.807) is 11.3 Å². The predicted octanol–water partition coefficient (Wildman–Crippen LogP) is 0.876. The monoisotopic (exact) mass is 182 g/mol. The van der Waals surface area contributed by atoms with Gasteiger partial charge in [0.15, 0.2) is 5.13 Å². The largest absolute Gasteiger partial charge is 0.345 e. The number of rotatable bonds is 1. The van der Waals surface area contributed by atoms with Gasteiger partial charge in [0.1, 0.15) is 0 Å². The molecule has 1 aliphatic rings. The lowest BCUT2D eigenvalue weighted by molar-refractivity contribution is 0.578. The van der Waals surface area contributed by atoms with Crippen LogP contribution in [0.25, 0.3) is 0 Å². The molecule has 0 aliphatic carbocycles. The number of piperazine rings is 1. The highest BCUT2D eigenvalue weighted by Gasteiger charge is 2.13. The van der Waals surface area contributed by atoms with Crippen molar-refractivity contribution in [3.8, 4) is 0 Å². The second-order valence-electron chi connectivity index (χ2n) is 2.93. The maximum Gasteiger partial charge on any atom is 0.185 e. The van der Waals surface area contributed by atoms with E-state index >= 15 is 0 Å². The van der Waals surface area contributed by atoms with Gasteiger partial charge in [-0.05, 0) is 6.92 Å². The predicted molar refractivity (Wildman–Crippen MR) is 50.9 cm³/mol. The molecule has 0 bridgehead atoms. The molecule has 12 heavy (non-hydrogen) atoms. The summed E-state index contributed by atoms with van der Waals surface area (Å²) in [5.41, 5.74) is 1.12. The first-order valence-electron chi connectivity index (χ1n) is 4.16. The minimum Gasteiger partial charge on any atom is -0.345 e. The van der Waals surface area contributed by atoms with E-state index in [4.69, 9.17) is 0 Å². The molecule has 1 aromatic heterocycles. The second-order valence-corrected chi connectivity index (χ2v) is 3.77. The summed E-state index contributed by atoms with van der Waals surface area (Å²) in [5.74, 6) is 0. The molecule has 0 saturated carbocycles. The number of nitrogens with zero attached hydrogens (tertiary/aromatic N) is 3. The van der Waals surface area contributed by atoms with Crippen LogP contribution in [0.5, 0.6) is 0 Å². The lowest BCUT2D eigenvalue weighted by Gasteiger charge is -2.25. The van der Waals surface area contributed by atoms with Crippen LogP contribution in [-0.2, 0) is 0 Å². The highest BCUT2D eigenvalue weighted by molar-refractivity contribution is 7.13. The Labute approximate surface area is 76.4 Å². The molecule has 0 atom stereocenters. The van der Waals surface area contributed by atoms with Gasteiger partial charge in [-0.3, -0.25) is 0 Å². The molecular formula is C8H12N3S. The fraction of sp³-hybridized carbons (Fsp3) is 0.625. The Bertz CT molecular complexity index is 253. The molecule has 0 aromatic carbocycles. The number of thiazole rings is 1. The number of aryl methyl sites for hydroxylation is 1. The smallest absolute Gasteiger partial charge is 0.185 e. The summed E-state index contributed by atoms with van der Waals surface area (Å²) in [4.78, 5) is 6.75. The van der Waals surface area contributed by atoms with Crippen molar-refractivity contribution in [1.82, 2.24) is 10.3 Å². The van der Waals surface area contributed by atoms with E-state index in [9.17, 15) is 0 Å². The van der Waals surface area contributed by atoms with E-state index in [0.717, 1.165) is 37.0 Å². The fourth-order valence-corrected chi connectivity index (χ4v) is 2.14. The molecule has 1 saturated heterocycles. The van der Waals surface area contributed by atoms with Crippen LogP contribution in [0, 0.1) is 6.92 Å². The maximum absolute atomic E-state index is 4.44. The average Bonchev–Trinajstić information content (AvgIpc) is 2.54. The van der Waals surface area contributed by atoms with Gasteiger partial charge in [-0.2, -0.15) is 0 Å². The molecule has 1 aliphatic heterocycles. The van der Waals surface area contributed by atoms with Crippen LogP contribution in [-0.4, -0.2) is 31.2 Å². The average molecular weight is 182 g/mol. The molecule has 0 unspecified atom stereocenters. The molecule has 2 rings (SSSR count). The van der Waals surface area contributed by atoms with Crippen LogP contribution >= 0.6 is 11.3 Å². The van der Waals surface area contributed by atoms with Gasteiger partial charge in [0.05, 0.1) is 5.69 Å². The van der Waals surface area contributed by atoms with Gasteiger partial charge in [-0.15, -0.1) is 11.3 Å². The molecule has 0 N–H and O–H groups in total. The lowest BCUT2D eigenvalue weighted by atomic mass is 10.4. The fourth-order valence-electron chi connectivity index (χ4n) is 1.28. The van der Waals surface area contributed by atoms with E-state index in [0.29, 0.717) is 0 Å². The zero-order chi connectivity index (χ0) is 8.39. The van der Waals surface area contributed by atoms with Gasteiger partial charge in [0, 0.05) is 31.6 Å². The molecule has 1 aromatic rings. The number of aromatic nitrogens is 1. The zero-order valence-corrected chi connectivity index (χ0v) is 7.97. The zero-order valence-electron chi connectivity index (χ0n) is 7.16. The molecule has 4 heteroatoms. The highest BCUT2D eigenvalue weighted by Crippen LogP contribution is 2.19. The van der Waals surface area contributed by atoms with E-state index in [1.807, 2.05) is 6.92 Å². The molecule has 3 nitrogen and oxygen atoms in total. The van der Waals surface area contributed by atoms with Gasteiger partial charge in [-0.1, -0.05) is 0 Å². The van der Waals surface area contributed by atoms with Crippen molar-refractivity contribution in [3.63, 3.8) is 0 Å². The minimum atomic E-state index is 0.957. The number of hydrogen-bond acceptors (Lipinski definition) is 3. The van der Waals surface area contributed by atoms with Crippen molar-refractivity contribution in [1.29, 1.82) is 0 Å². The summed E-state index contributed by atoms with van der Waals surface area (Å²) < 4.78 is 0. The molecule has 65 valence electrons. The summed E-state index contributed by atoms with van der Waals surface area (Å²) in [6.07, 6.45) is 0. The Kier molecular flexibility index (Phi) is 2.28. The SMILES string of the molecule is Cc1csc(N2CC[N]CC2)n1. The van der Waals surface area contributed by atoms with Gasteiger partial charge in [-0.25, -0.2) is 10.3 Å². The Balaban J connectivity index is 2.08. The molecular weight excluding hydrogens is 170 g/mol. The molecule has 0 spiro atoms. The molecule has 1 radical (unpaired) electrons. The van der Waals surface area contributed by atoms with Crippen molar-refractivity contribution < 1.29 is 0 Å². The Morgan fingerprint density at radius 2 is 2.17 bits per heavy atom. The first-order valence-corrected chi connectivity index (χ1v) is 5.04. The first kappa shape index (κ1) is 8.01. The summed E-state index contributed by atoms with van der Waals surface area (Å²) in [5, 5.41) is 7.55. The third-order valence-electron chi connectivity index (χ3n) is 1.93. The van der Waals surface area contributed by atoms with Crippen LogP contribution < -0.4 is 10.2 Å². The Hall–Kier alpha value is -0.610. The van der Waals surface area contributed by atoms with Crippen LogP contribution in [0.2, 0.25) is 0 Å². The van der Waals surface area contributed by atoms with Gasteiger partial charge in [0.25, 0.3) is 0 Å². The summed E-state index contributed by atoms with van der Waals surface area (Å²) in [6, 6.07) is 0. The van der Waals surface area contributed by atoms with E-state index in [1.165, 1.54) is 0 Å². The van der Waals surface area contributed by atoms with Crippen LogP contribution in [0.15, 0.2) is 5.38 Å². The van der Waals surface area contributed by atoms with Crippen molar-refractivity contribution in [2.24, 2.45) is 0 Å². The summed E-state index contributed by atoms with van der Waals surface area (Å²) >= 11 is 1.73. The summed E-state index contributed by atoms with van der Waals surface area (Å²) in [6.45, 7) is 6.02. The third kappa shape index (κ3) is 1.59. The van der Waals surface area contributed by atoms with Crippen molar-refractivity contribution in [2.45, 2.75) is 6.92 Å². The topological polar surface area (TPSA) is 30.2 Å². The van der Waals surface area contributed by atoms with E-state index in [-0.39, 0.29) is 0 Å².